The van der Waals surface area contributed by atoms with Crippen molar-refractivity contribution in [3.05, 3.63) is 58.7 Å². The third kappa shape index (κ3) is 2.99. The number of rotatable bonds is 4. The van der Waals surface area contributed by atoms with Crippen molar-refractivity contribution < 1.29 is 19.1 Å². The predicted molar refractivity (Wildman–Crippen MR) is 106 cm³/mol. The molecule has 2 bridgehead atoms. The van der Waals surface area contributed by atoms with E-state index in [4.69, 9.17) is 20.9 Å². The van der Waals surface area contributed by atoms with E-state index in [1.807, 2.05) is 24.3 Å². The monoisotopic (exact) mass is 380 g/mol. The number of carbonyl (C=O) groups excluding carboxylic acids is 2. The summed E-state index contributed by atoms with van der Waals surface area (Å²) in [6, 6.07) is 11.9. The first-order valence-corrected chi connectivity index (χ1v) is 9.42. The summed E-state index contributed by atoms with van der Waals surface area (Å²) in [5.74, 6) is -0.675. The van der Waals surface area contributed by atoms with E-state index >= 15 is 0 Å². The molecule has 146 valence electrons. The fraction of sp³-hybridized carbons (Fsp3) is 0.364. The summed E-state index contributed by atoms with van der Waals surface area (Å²) >= 11 is 0. The highest BCUT2D eigenvalue weighted by Gasteiger charge is 2.50. The summed E-state index contributed by atoms with van der Waals surface area (Å²) in [4.78, 5) is 23.0. The number of ether oxygens (including phenoxy) is 2. The lowest BCUT2D eigenvalue weighted by Gasteiger charge is -2.50. The molecule has 0 saturated carbocycles. The first-order chi connectivity index (χ1) is 13.4. The van der Waals surface area contributed by atoms with Crippen LogP contribution in [-0.4, -0.2) is 25.2 Å². The van der Waals surface area contributed by atoms with Crippen LogP contribution in [0.2, 0.25) is 0 Å². The van der Waals surface area contributed by atoms with E-state index < -0.39 is 0 Å². The van der Waals surface area contributed by atoms with Crippen LogP contribution >= 0.6 is 0 Å². The molecule has 28 heavy (non-hydrogen) atoms. The van der Waals surface area contributed by atoms with Gasteiger partial charge in [0.15, 0.2) is 0 Å². The maximum atomic E-state index is 11.5. The number of nitrogen functional groups attached to an aromatic ring is 2. The van der Waals surface area contributed by atoms with Crippen LogP contribution < -0.4 is 11.5 Å². The van der Waals surface area contributed by atoms with Crippen molar-refractivity contribution in [2.24, 2.45) is 11.8 Å². The van der Waals surface area contributed by atoms with E-state index in [0.717, 1.165) is 11.1 Å². The second-order valence-electron chi connectivity index (χ2n) is 7.66. The zero-order valence-corrected chi connectivity index (χ0v) is 16.0. The Kier molecular flexibility index (Phi) is 4.49. The fourth-order valence-corrected chi connectivity index (χ4v) is 4.91. The van der Waals surface area contributed by atoms with E-state index in [1.165, 1.54) is 25.0 Å². The largest absolute Gasteiger partial charge is 0.466 e. The molecule has 0 unspecified atom stereocenters. The lowest BCUT2D eigenvalue weighted by Crippen LogP contribution is -2.44. The molecule has 5 rings (SSSR count). The van der Waals surface area contributed by atoms with Crippen LogP contribution in [0.15, 0.2) is 36.4 Å². The number of nitrogens with two attached hydrogens (primary N) is 2. The predicted octanol–water partition coefficient (Wildman–Crippen LogP) is 2.80. The summed E-state index contributed by atoms with van der Waals surface area (Å²) in [7, 11) is 0. The van der Waals surface area contributed by atoms with Crippen LogP contribution in [-0.2, 0) is 19.1 Å². The first-order valence-electron chi connectivity index (χ1n) is 9.42. The second kappa shape index (κ2) is 6.86. The molecule has 0 saturated heterocycles. The topological polar surface area (TPSA) is 105 Å². The van der Waals surface area contributed by atoms with Crippen molar-refractivity contribution in [3.63, 3.8) is 0 Å². The molecule has 2 aromatic carbocycles. The minimum absolute atomic E-state index is 0.000462. The molecule has 6 nitrogen and oxygen atoms in total. The Morgan fingerprint density at radius 1 is 0.750 bits per heavy atom. The molecule has 3 aliphatic rings. The zero-order valence-electron chi connectivity index (χ0n) is 16.0. The van der Waals surface area contributed by atoms with Gasteiger partial charge in [-0.15, -0.1) is 0 Å². The molecular weight excluding hydrogens is 356 g/mol. The highest BCUT2D eigenvalue weighted by atomic mass is 16.5. The first kappa shape index (κ1) is 18.3. The number of carbonyl (C=O) groups is 2. The molecule has 0 aliphatic heterocycles. The summed E-state index contributed by atoms with van der Waals surface area (Å²) < 4.78 is 10.8. The lowest BCUT2D eigenvalue weighted by atomic mass is 9.54. The van der Waals surface area contributed by atoms with Crippen molar-refractivity contribution in [1.82, 2.24) is 0 Å². The highest BCUT2D eigenvalue weighted by molar-refractivity contribution is 5.67. The zero-order chi connectivity index (χ0) is 20.0. The van der Waals surface area contributed by atoms with Crippen LogP contribution in [0, 0.1) is 11.8 Å². The summed E-state index contributed by atoms with van der Waals surface area (Å²) in [6.07, 6.45) is 0. The van der Waals surface area contributed by atoms with E-state index in [9.17, 15) is 9.59 Å². The van der Waals surface area contributed by atoms with Crippen LogP contribution in [0.1, 0.15) is 47.9 Å². The summed E-state index contributed by atoms with van der Waals surface area (Å²) in [5.41, 5.74) is 18.2. The summed E-state index contributed by atoms with van der Waals surface area (Å²) in [6.45, 7) is 3.34. The Balaban J connectivity index is 1.87. The van der Waals surface area contributed by atoms with Gasteiger partial charge in [-0.25, -0.2) is 0 Å². The maximum Gasteiger partial charge on any atom is 0.302 e. The highest BCUT2D eigenvalue weighted by Crippen LogP contribution is 2.59. The van der Waals surface area contributed by atoms with Gasteiger partial charge in [0.1, 0.15) is 0 Å². The molecule has 0 aromatic heterocycles. The quantitative estimate of drug-likeness (QED) is 0.624. The number of hydrogen-bond donors (Lipinski definition) is 2. The van der Waals surface area contributed by atoms with Gasteiger partial charge in [0.05, 0.1) is 13.2 Å². The Labute approximate surface area is 163 Å². The van der Waals surface area contributed by atoms with Crippen molar-refractivity contribution in [3.8, 4) is 0 Å². The average Bonchev–Trinajstić information content (AvgIpc) is 2.64. The Morgan fingerprint density at radius 2 is 1.14 bits per heavy atom. The van der Waals surface area contributed by atoms with Crippen molar-refractivity contribution >= 4 is 23.3 Å². The third-order valence-corrected chi connectivity index (χ3v) is 5.93. The summed E-state index contributed by atoms with van der Waals surface area (Å²) in [5, 5.41) is 0. The van der Waals surface area contributed by atoms with Crippen molar-refractivity contribution in [2.45, 2.75) is 25.7 Å². The van der Waals surface area contributed by atoms with Crippen LogP contribution in [0.4, 0.5) is 11.4 Å². The minimum Gasteiger partial charge on any atom is -0.466 e. The third-order valence-electron chi connectivity index (χ3n) is 5.93. The van der Waals surface area contributed by atoms with Gasteiger partial charge in [0.2, 0.25) is 0 Å². The molecule has 0 amide bonds. The molecule has 6 heteroatoms. The van der Waals surface area contributed by atoms with E-state index in [-0.39, 0.29) is 48.8 Å². The van der Waals surface area contributed by atoms with Gasteiger partial charge < -0.3 is 20.9 Å². The number of esters is 2. The average molecular weight is 380 g/mol. The normalized spacial score (nSPS) is 24.2. The second-order valence-corrected chi connectivity index (χ2v) is 7.66. The van der Waals surface area contributed by atoms with Crippen molar-refractivity contribution in [1.29, 1.82) is 0 Å². The molecule has 0 fully saturated rings. The molecular formula is C22H24N2O4. The Bertz CT molecular complexity index is 902. The van der Waals surface area contributed by atoms with E-state index in [2.05, 4.69) is 12.1 Å². The van der Waals surface area contributed by atoms with Crippen molar-refractivity contribution in [2.75, 3.05) is 24.7 Å². The molecule has 0 spiro atoms. The van der Waals surface area contributed by atoms with Gasteiger partial charge in [-0.3, -0.25) is 9.59 Å². The standard InChI is InChI=1S/C22H24N2O4/c1-11(25)27-9-19-20(10-28-12(2)26)22-17-7-13(23)3-5-15(17)21(19)16-6-4-14(24)8-18(16)22/h3-8,19-22H,9-10,23-24H2,1-2H3/t19-,20-,21?,22?/m0/s1. The van der Waals surface area contributed by atoms with Gasteiger partial charge >= 0.3 is 11.9 Å². The minimum atomic E-state index is -0.326. The van der Waals surface area contributed by atoms with E-state index in [0.29, 0.717) is 11.4 Å². The number of anilines is 2. The van der Waals surface area contributed by atoms with Gasteiger partial charge in [0.25, 0.3) is 0 Å². The number of fused-ring (bicyclic) bond motifs is 1. The Morgan fingerprint density at radius 3 is 1.54 bits per heavy atom. The molecule has 0 radical (unpaired) electrons. The molecule has 3 aliphatic carbocycles. The lowest BCUT2D eigenvalue weighted by molar-refractivity contribution is -0.148. The molecule has 4 N–H and O–H groups in total. The van der Waals surface area contributed by atoms with Gasteiger partial charge in [-0.05, 0) is 46.5 Å². The van der Waals surface area contributed by atoms with Gasteiger partial charge in [0, 0.05) is 48.9 Å². The van der Waals surface area contributed by atoms with Gasteiger partial charge in [-0.2, -0.15) is 0 Å². The Hall–Kier alpha value is -3.02. The van der Waals surface area contributed by atoms with Crippen LogP contribution in [0.5, 0.6) is 0 Å². The number of hydrogen-bond acceptors (Lipinski definition) is 6. The number of benzene rings is 2. The SMILES string of the molecule is CC(=O)OC[C@@H]1C2c3ccc(N)cc3C(c3cc(N)ccc32)[C@H]1COC(C)=O. The maximum absolute atomic E-state index is 11.5. The van der Waals surface area contributed by atoms with E-state index in [1.54, 1.807) is 0 Å². The van der Waals surface area contributed by atoms with Crippen LogP contribution in [0.25, 0.3) is 0 Å². The van der Waals surface area contributed by atoms with Crippen LogP contribution in [0.3, 0.4) is 0 Å². The smallest absolute Gasteiger partial charge is 0.302 e. The van der Waals surface area contributed by atoms with Gasteiger partial charge in [-0.1, -0.05) is 12.1 Å². The fourth-order valence-electron chi connectivity index (χ4n) is 4.91. The molecule has 0 heterocycles. The molecule has 2 aromatic rings. The molecule has 2 atom stereocenters.